The van der Waals surface area contributed by atoms with Gasteiger partial charge >= 0.3 is 5.97 Å². The van der Waals surface area contributed by atoms with Gasteiger partial charge in [-0.3, -0.25) is 4.79 Å². The Bertz CT molecular complexity index is 421. The maximum absolute atomic E-state index is 11.9. The molecular weight excluding hydrogens is 188 g/mol. The van der Waals surface area contributed by atoms with E-state index in [2.05, 4.69) is 13.8 Å². The van der Waals surface area contributed by atoms with Crippen LogP contribution in [-0.2, 0) is 14.9 Å². The Balaban J connectivity index is 2.15. The third-order valence-electron chi connectivity index (χ3n) is 4.26. The highest BCUT2D eigenvalue weighted by molar-refractivity contribution is 5.92. The van der Waals surface area contributed by atoms with Gasteiger partial charge in [-0.15, -0.1) is 0 Å². The highest BCUT2D eigenvalue weighted by Crippen LogP contribution is 2.72. The lowest BCUT2D eigenvalue weighted by molar-refractivity contribution is -0.144. The molecular formula is C13H14O2. The van der Waals surface area contributed by atoms with Crippen molar-refractivity contribution in [2.45, 2.75) is 19.3 Å². The lowest BCUT2D eigenvalue weighted by Crippen LogP contribution is -2.25. The van der Waals surface area contributed by atoms with E-state index < -0.39 is 0 Å². The first kappa shape index (κ1) is 8.96. The Morgan fingerprint density at radius 1 is 1.27 bits per heavy atom. The van der Waals surface area contributed by atoms with Crippen molar-refractivity contribution >= 4 is 5.97 Å². The number of hydrogen-bond donors (Lipinski definition) is 0. The van der Waals surface area contributed by atoms with E-state index in [9.17, 15) is 4.79 Å². The van der Waals surface area contributed by atoms with Crippen molar-refractivity contribution in [2.75, 3.05) is 6.61 Å². The van der Waals surface area contributed by atoms with Gasteiger partial charge in [0.05, 0.1) is 6.61 Å². The molecule has 1 aliphatic carbocycles. The zero-order chi connectivity index (χ0) is 10.7. The molecule has 2 nitrogen and oxygen atoms in total. The molecule has 0 N–H and O–H groups in total. The second-order valence-corrected chi connectivity index (χ2v) is 5.05. The SMILES string of the molecule is CC1(C)[C@@H]2COC(=O)[C@]21c1ccccc1. The van der Waals surface area contributed by atoms with E-state index in [0.717, 1.165) is 5.56 Å². The Labute approximate surface area is 89.2 Å². The lowest BCUT2D eigenvalue weighted by Gasteiger charge is -2.17. The fourth-order valence-electron chi connectivity index (χ4n) is 3.27. The van der Waals surface area contributed by atoms with Crippen molar-refractivity contribution in [1.82, 2.24) is 0 Å². The minimum absolute atomic E-state index is 0.0382. The fourth-order valence-corrected chi connectivity index (χ4v) is 3.27. The van der Waals surface area contributed by atoms with E-state index in [1.807, 2.05) is 30.3 Å². The fraction of sp³-hybridized carbons (Fsp3) is 0.462. The van der Waals surface area contributed by atoms with Gasteiger partial charge < -0.3 is 4.74 Å². The zero-order valence-corrected chi connectivity index (χ0v) is 8.99. The highest BCUT2D eigenvalue weighted by atomic mass is 16.5. The van der Waals surface area contributed by atoms with Crippen molar-refractivity contribution in [3.05, 3.63) is 35.9 Å². The Hall–Kier alpha value is -1.31. The third-order valence-corrected chi connectivity index (χ3v) is 4.26. The molecule has 1 aliphatic heterocycles. The molecule has 3 rings (SSSR count). The van der Waals surface area contributed by atoms with Crippen molar-refractivity contribution in [3.63, 3.8) is 0 Å². The molecule has 1 saturated heterocycles. The second kappa shape index (κ2) is 2.43. The number of benzene rings is 1. The summed E-state index contributed by atoms with van der Waals surface area (Å²) in [7, 11) is 0. The number of carbonyl (C=O) groups is 1. The molecule has 1 aromatic rings. The summed E-state index contributed by atoms with van der Waals surface area (Å²) in [6.07, 6.45) is 0. The molecule has 0 spiro atoms. The first-order valence-corrected chi connectivity index (χ1v) is 5.34. The van der Waals surface area contributed by atoms with Crippen molar-refractivity contribution < 1.29 is 9.53 Å². The Morgan fingerprint density at radius 3 is 2.47 bits per heavy atom. The topological polar surface area (TPSA) is 26.3 Å². The summed E-state index contributed by atoms with van der Waals surface area (Å²) in [6.45, 7) is 4.90. The predicted molar refractivity (Wildman–Crippen MR) is 56.4 cm³/mol. The third kappa shape index (κ3) is 0.796. The van der Waals surface area contributed by atoms with Gasteiger partial charge in [-0.05, 0) is 11.0 Å². The van der Waals surface area contributed by atoms with Gasteiger partial charge in [0.2, 0.25) is 0 Å². The number of hydrogen-bond acceptors (Lipinski definition) is 2. The van der Waals surface area contributed by atoms with Gasteiger partial charge in [-0.25, -0.2) is 0 Å². The van der Waals surface area contributed by atoms with Crippen LogP contribution < -0.4 is 0 Å². The van der Waals surface area contributed by atoms with Crippen LogP contribution in [0.2, 0.25) is 0 Å². The minimum atomic E-state index is -0.353. The number of esters is 1. The number of carbonyl (C=O) groups excluding carboxylic acids is 1. The molecule has 0 bridgehead atoms. The number of fused-ring (bicyclic) bond motifs is 1. The molecule has 1 heterocycles. The van der Waals surface area contributed by atoms with Crippen LogP contribution in [0.25, 0.3) is 0 Å². The molecule has 1 aromatic carbocycles. The summed E-state index contributed by atoms with van der Waals surface area (Å²) < 4.78 is 5.17. The van der Waals surface area contributed by atoms with Crippen molar-refractivity contribution in [1.29, 1.82) is 0 Å². The summed E-state index contributed by atoms with van der Waals surface area (Å²) in [6, 6.07) is 10.0. The molecule has 0 amide bonds. The lowest BCUT2D eigenvalue weighted by atomic mass is 9.88. The van der Waals surface area contributed by atoms with Crippen LogP contribution in [0.4, 0.5) is 0 Å². The summed E-state index contributed by atoms with van der Waals surface area (Å²) in [5.41, 5.74) is 0.820. The van der Waals surface area contributed by atoms with Crippen LogP contribution in [0.15, 0.2) is 30.3 Å². The van der Waals surface area contributed by atoms with Gasteiger partial charge in [0.25, 0.3) is 0 Å². The van der Waals surface area contributed by atoms with Gasteiger partial charge in [0.15, 0.2) is 0 Å². The molecule has 2 heteroatoms. The van der Waals surface area contributed by atoms with Crippen LogP contribution in [0, 0.1) is 11.3 Å². The summed E-state index contributed by atoms with van der Waals surface area (Å²) in [5, 5.41) is 0. The molecule has 0 unspecified atom stereocenters. The van der Waals surface area contributed by atoms with Crippen molar-refractivity contribution in [3.8, 4) is 0 Å². The standard InChI is InChI=1S/C13H14O2/c1-12(2)10-8-15-11(14)13(10,12)9-6-4-3-5-7-9/h3-7,10H,8H2,1-2H3/t10-,13-/m0/s1. The molecule has 2 aliphatic rings. The number of ether oxygens (including phenoxy) is 1. The van der Waals surface area contributed by atoms with Crippen LogP contribution in [0.5, 0.6) is 0 Å². The van der Waals surface area contributed by atoms with E-state index >= 15 is 0 Å². The molecule has 2 fully saturated rings. The zero-order valence-electron chi connectivity index (χ0n) is 8.99. The molecule has 78 valence electrons. The molecule has 2 atom stereocenters. The first-order chi connectivity index (χ1) is 7.12. The minimum Gasteiger partial charge on any atom is -0.465 e. The number of rotatable bonds is 1. The smallest absolute Gasteiger partial charge is 0.317 e. The highest BCUT2D eigenvalue weighted by Gasteiger charge is 2.80. The van der Waals surface area contributed by atoms with E-state index in [1.54, 1.807) is 0 Å². The normalized spacial score (nSPS) is 35.9. The van der Waals surface area contributed by atoms with E-state index in [0.29, 0.717) is 12.5 Å². The second-order valence-electron chi connectivity index (χ2n) is 5.05. The van der Waals surface area contributed by atoms with Gasteiger partial charge in [-0.2, -0.15) is 0 Å². The summed E-state index contributed by atoms with van der Waals surface area (Å²) in [4.78, 5) is 11.9. The monoisotopic (exact) mass is 202 g/mol. The molecule has 1 saturated carbocycles. The first-order valence-electron chi connectivity index (χ1n) is 5.34. The van der Waals surface area contributed by atoms with E-state index in [-0.39, 0.29) is 16.8 Å². The van der Waals surface area contributed by atoms with Crippen LogP contribution in [0.1, 0.15) is 19.4 Å². The number of cyclic esters (lactones) is 1. The summed E-state index contributed by atoms with van der Waals surface area (Å²) in [5.74, 6) is 0.323. The quantitative estimate of drug-likeness (QED) is 0.652. The molecule has 15 heavy (non-hydrogen) atoms. The van der Waals surface area contributed by atoms with Gasteiger partial charge in [0.1, 0.15) is 5.41 Å². The summed E-state index contributed by atoms with van der Waals surface area (Å²) >= 11 is 0. The van der Waals surface area contributed by atoms with Gasteiger partial charge in [0, 0.05) is 5.92 Å². The van der Waals surface area contributed by atoms with E-state index in [4.69, 9.17) is 4.74 Å². The van der Waals surface area contributed by atoms with Crippen LogP contribution in [-0.4, -0.2) is 12.6 Å². The van der Waals surface area contributed by atoms with Crippen LogP contribution in [0.3, 0.4) is 0 Å². The van der Waals surface area contributed by atoms with E-state index in [1.165, 1.54) is 0 Å². The largest absolute Gasteiger partial charge is 0.465 e. The van der Waals surface area contributed by atoms with Crippen molar-refractivity contribution in [2.24, 2.45) is 11.3 Å². The molecule has 0 aromatic heterocycles. The average molecular weight is 202 g/mol. The maximum atomic E-state index is 11.9. The van der Waals surface area contributed by atoms with Crippen LogP contribution >= 0.6 is 0 Å². The maximum Gasteiger partial charge on any atom is 0.317 e. The van der Waals surface area contributed by atoms with Gasteiger partial charge in [-0.1, -0.05) is 44.2 Å². The predicted octanol–water partition coefficient (Wildman–Crippen LogP) is 2.14. The Morgan fingerprint density at radius 2 is 1.93 bits per heavy atom. The Kier molecular flexibility index (Phi) is 1.45. The average Bonchev–Trinajstić information content (AvgIpc) is 2.53. The molecule has 0 radical (unpaired) electrons.